The second-order valence-corrected chi connectivity index (χ2v) is 5.22. The second kappa shape index (κ2) is 6.66. The average Bonchev–Trinajstić information content (AvgIpc) is 2.33. The summed E-state index contributed by atoms with van der Waals surface area (Å²) >= 11 is 0. The molecule has 0 radical (unpaired) electrons. The van der Waals surface area contributed by atoms with Crippen LogP contribution in [0, 0.1) is 0 Å². The number of rotatable bonds is 7. The van der Waals surface area contributed by atoms with Gasteiger partial charge < -0.3 is 10.0 Å². The van der Waals surface area contributed by atoms with E-state index < -0.39 is 5.60 Å². The highest BCUT2D eigenvalue weighted by molar-refractivity contribution is 5.96. The summed E-state index contributed by atoms with van der Waals surface area (Å²) in [5.41, 5.74) is 0.0445. The molecule has 3 heteroatoms. The Hall–Kier alpha value is -1.19. The fraction of sp³-hybridized carbons (Fsp3) is 0.533. The van der Waals surface area contributed by atoms with E-state index in [4.69, 9.17) is 0 Å². The highest BCUT2D eigenvalue weighted by atomic mass is 16.3. The molecule has 1 aromatic carbocycles. The van der Waals surface area contributed by atoms with Crippen LogP contribution in [0.3, 0.4) is 0 Å². The molecule has 18 heavy (non-hydrogen) atoms. The average molecular weight is 249 g/mol. The standard InChI is InChI=1S/C15H23NO2/c1-4-16(12-15(2,3)18)11-10-14(17)13-8-6-5-7-9-13/h5-9,18H,4,10-12H2,1-3H3. The number of hydrogen-bond donors (Lipinski definition) is 1. The first-order valence-corrected chi connectivity index (χ1v) is 6.45. The number of Topliss-reactive ketones (excluding diaryl/α,β-unsaturated/α-hetero) is 1. The molecule has 0 fully saturated rings. The lowest BCUT2D eigenvalue weighted by Gasteiger charge is -2.27. The Bertz CT molecular complexity index is 368. The Morgan fingerprint density at radius 1 is 1.28 bits per heavy atom. The van der Waals surface area contributed by atoms with Gasteiger partial charge in [0.1, 0.15) is 0 Å². The molecule has 0 heterocycles. The van der Waals surface area contributed by atoms with E-state index in [1.165, 1.54) is 0 Å². The quantitative estimate of drug-likeness (QED) is 0.754. The number of hydrogen-bond acceptors (Lipinski definition) is 3. The molecule has 3 nitrogen and oxygen atoms in total. The molecule has 100 valence electrons. The van der Waals surface area contributed by atoms with Gasteiger partial charge in [0.2, 0.25) is 0 Å². The van der Waals surface area contributed by atoms with E-state index in [9.17, 15) is 9.90 Å². The van der Waals surface area contributed by atoms with Crippen LogP contribution < -0.4 is 0 Å². The van der Waals surface area contributed by atoms with Gasteiger partial charge in [-0.05, 0) is 20.4 Å². The van der Waals surface area contributed by atoms with Gasteiger partial charge in [0.05, 0.1) is 5.60 Å². The number of nitrogens with zero attached hydrogens (tertiary/aromatic N) is 1. The van der Waals surface area contributed by atoms with Gasteiger partial charge in [0.25, 0.3) is 0 Å². The largest absolute Gasteiger partial charge is 0.389 e. The van der Waals surface area contributed by atoms with Crippen molar-refractivity contribution in [3.05, 3.63) is 35.9 Å². The fourth-order valence-electron chi connectivity index (χ4n) is 1.92. The number of carbonyl (C=O) groups is 1. The molecule has 0 amide bonds. The van der Waals surface area contributed by atoms with Crippen LogP contribution in [0.5, 0.6) is 0 Å². The smallest absolute Gasteiger partial charge is 0.164 e. The normalized spacial score (nSPS) is 11.8. The Labute approximate surface area is 109 Å². The lowest BCUT2D eigenvalue weighted by Crippen LogP contribution is -2.39. The van der Waals surface area contributed by atoms with E-state index in [1.54, 1.807) is 13.8 Å². The van der Waals surface area contributed by atoms with Crippen LogP contribution in [0.2, 0.25) is 0 Å². The first kappa shape index (κ1) is 14.9. The van der Waals surface area contributed by atoms with Crippen LogP contribution in [0.25, 0.3) is 0 Å². The van der Waals surface area contributed by atoms with Crippen LogP contribution in [-0.4, -0.2) is 41.0 Å². The van der Waals surface area contributed by atoms with Crippen molar-refractivity contribution in [2.24, 2.45) is 0 Å². The summed E-state index contributed by atoms with van der Waals surface area (Å²) in [7, 11) is 0. The maximum absolute atomic E-state index is 11.9. The third kappa shape index (κ3) is 5.43. The molecule has 0 unspecified atom stereocenters. The second-order valence-electron chi connectivity index (χ2n) is 5.22. The summed E-state index contributed by atoms with van der Waals surface area (Å²) in [4.78, 5) is 14.0. The lowest BCUT2D eigenvalue weighted by atomic mass is 10.1. The van der Waals surface area contributed by atoms with Crippen molar-refractivity contribution in [3.63, 3.8) is 0 Å². The predicted molar refractivity (Wildman–Crippen MR) is 73.8 cm³/mol. The van der Waals surface area contributed by atoms with Gasteiger partial charge in [0.15, 0.2) is 5.78 Å². The van der Waals surface area contributed by atoms with Gasteiger partial charge in [0, 0.05) is 25.1 Å². The van der Waals surface area contributed by atoms with Crippen molar-refractivity contribution in [1.29, 1.82) is 0 Å². The fourth-order valence-corrected chi connectivity index (χ4v) is 1.92. The van der Waals surface area contributed by atoms with Gasteiger partial charge >= 0.3 is 0 Å². The summed E-state index contributed by atoms with van der Waals surface area (Å²) in [6.07, 6.45) is 0.494. The molecule has 0 bridgehead atoms. The Balaban J connectivity index is 2.46. The molecule has 1 rings (SSSR count). The first-order valence-electron chi connectivity index (χ1n) is 6.45. The van der Waals surface area contributed by atoms with Gasteiger partial charge in [-0.2, -0.15) is 0 Å². The van der Waals surface area contributed by atoms with Gasteiger partial charge in [-0.25, -0.2) is 0 Å². The molecule has 0 aliphatic rings. The monoisotopic (exact) mass is 249 g/mol. The minimum Gasteiger partial charge on any atom is -0.389 e. The molecule has 0 saturated heterocycles. The van der Waals surface area contributed by atoms with E-state index in [1.807, 2.05) is 37.3 Å². The lowest BCUT2D eigenvalue weighted by molar-refractivity contribution is 0.0371. The van der Waals surface area contributed by atoms with Gasteiger partial charge in [-0.3, -0.25) is 4.79 Å². The predicted octanol–water partition coefficient (Wildman–Crippen LogP) is 2.35. The zero-order valence-electron chi connectivity index (χ0n) is 11.5. The third-order valence-electron chi connectivity index (χ3n) is 2.81. The van der Waals surface area contributed by atoms with Gasteiger partial charge in [-0.1, -0.05) is 37.3 Å². The van der Waals surface area contributed by atoms with E-state index in [-0.39, 0.29) is 5.78 Å². The van der Waals surface area contributed by atoms with Crippen molar-refractivity contribution in [2.45, 2.75) is 32.8 Å². The number of ketones is 1. The zero-order chi connectivity index (χ0) is 13.6. The SMILES string of the molecule is CCN(CCC(=O)c1ccccc1)CC(C)(C)O. The summed E-state index contributed by atoms with van der Waals surface area (Å²) in [5, 5.41) is 9.77. The number of likely N-dealkylation sites (N-methyl/N-ethyl adjacent to an activating group) is 1. The summed E-state index contributed by atoms with van der Waals surface area (Å²) in [6.45, 7) is 7.73. The Kier molecular flexibility index (Phi) is 5.51. The summed E-state index contributed by atoms with van der Waals surface area (Å²) in [5.74, 6) is 0.157. The van der Waals surface area contributed by atoms with Crippen molar-refractivity contribution in [2.75, 3.05) is 19.6 Å². The number of carbonyl (C=O) groups excluding carboxylic acids is 1. The Morgan fingerprint density at radius 3 is 2.39 bits per heavy atom. The maximum atomic E-state index is 11.9. The van der Waals surface area contributed by atoms with Crippen LogP contribution in [-0.2, 0) is 0 Å². The maximum Gasteiger partial charge on any atom is 0.164 e. The molecule has 1 aromatic rings. The minimum atomic E-state index is -0.716. The highest BCUT2D eigenvalue weighted by Crippen LogP contribution is 2.08. The number of aliphatic hydroxyl groups is 1. The van der Waals surface area contributed by atoms with Crippen LogP contribution >= 0.6 is 0 Å². The minimum absolute atomic E-state index is 0.157. The van der Waals surface area contributed by atoms with Gasteiger partial charge in [-0.15, -0.1) is 0 Å². The van der Waals surface area contributed by atoms with Crippen molar-refractivity contribution in [3.8, 4) is 0 Å². The molecule has 0 aliphatic heterocycles. The van der Waals surface area contributed by atoms with E-state index >= 15 is 0 Å². The van der Waals surface area contributed by atoms with E-state index in [0.29, 0.717) is 19.5 Å². The van der Waals surface area contributed by atoms with E-state index in [2.05, 4.69) is 4.90 Å². The van der Waals surface area contributed by atoms with Crippen molar-refractivity contribution in [1.82, 2.24) is 4.90 Å². The van der Waals surface area contributed by atoms with Crippen LogP contribution in [0.4, 0.5) is 0 Å². The third-order valence-corrected chi connectivity index (χ3v) is 2.81. The first-order chi connectivity index (χ1) is 8.42. The molecular formula is C15H23NO2. The molecule has 0 spiro atoms. The summed E-state index contributed by atoms with van der Waals surface area (Å²) < 4.78 is 0. The molecule has 0 saturated carbocycles. The Morgan fingerprint density at radius 2 is 1.89 bits per heavy atom. The zero-order valence-corrected chi connectivity index (χ0v) is 11.5. The van der Waals surface area contributed by atoms with Crippen molar-refractivity contribution >= 4 is 5.78 Å². The number of benzene rings is 1. The highest BCUT2D eigenvalue weighted by Gasteiger charge is 2.17. The molecule has 0 atom stereocenters. The van der Waals surface area contributed by atoms with Crippen molar-refractivity contribution < 1.29 is 9.90 Å². The molecular weight excluding hydrogens is 226 g/mol. The van der Waals surface area contributed by atoms with Crippen LogP contribution in [0.1, 0.15) is 37.6 Å². The molecule has 0 aliphatic carbocycles. The van der Waals surface area contributed by atoms with E-state index in [0.717, 1.165) is 12.1 Å². The molecule has 1 N–H and O–H groups in total. The summed E-state index contributed by atoms with van der Waals surface area (Å²) in [6, 6.07) is 9.34. The topological polar surface area (TPSA) is 40.5 Å². The molecule has 0 aromatic heterocycles. The van der Waals surface area contributed by atoms with Crippen LogP contribution in [0.15, 0.2) is 30.3 Å².